The van der Waals surface area contributed by atoms with E-state index < -0.39 is 16.5 Å². The molecular weight excluding hydrogens is 234 g/mol. The highest BCUT2D eigenvalue weighted by molar-refractivity contribution is 5.84. The van der Waals surface area contributed by atoms with Crippen molar-refractivity contribution in [3.8, 4) is 0 Å². The number of amides is 1. The highest BCUT2D eigenvalue weighted by Gasteiger charge is 2.30. The van der Waals surface area contributed by atoms with Crippen molar-refractivity contribution in [2.75, 3.05) is 7.05 Å². The Labute approximate surface area is 105 Å². The van der Waals surface area contributed by atoms with Gasteiger partial charge >= 0.3 is 11.6 Å². The first-order valence-corrected chi connectivity index (χ1v) is 5.59. The van der Waals surface area contributed by atoms with Crippen LogP contribution in [0.25, 0.3) is 0 Å². The van der Waals surface area contributed by atoms with E-state index in [9.17, 15) is 14.9 Å². The van der Waals surface area contributed by atoms with Crippen molar-refractivity contribution < 1.29 is 15.0 Å². The number of carbonyl (C=O) groups excluding carboxylic acids is 1. The molecule has 0 aliphatic carbocycles. The second-order valence-corrected chi connectivity index (χ2v) is 3.61. The molecule has 0 saturated carbocycles. The quantitative estimate of drug-likeness (QED) is 0.345. The summed E-state index contributed by atoms with van der Waals surface area (Å²) in [5.41, 5.74) is 0.578. The van der Waals surface area contributed by atoms with Gasteiger partial charge in [0, 0.05) is 7.05 Å². The van der Waals surface area contributed by atoms with Crippen molar-refractivity contribution in [1.82, 2.24) is 5.32 Å². The summed E-state index contributed by atoms with van der Waals surface area (Å²) in [4.78, 5) is 22.2. The van der Waals surface area contributed by atoms with E-state index in [0.717, 1.165) is 0 Å². The van der Waals surface area contributed by atoms with Gasteiger partial charge in [-0.3, -0.25) is 10.1 Å². The van der Waals surface area contributed by atoms with Crippen LogP contribution in [0.4, 0.5) is 5.69 Å². The first-order chi connectivity index (χ1) is 8.60. The molecule has 0 aliphatic heterocycles. The largest absolute Gasteiger partial charge is 0.419 e. The maximum Gasteiger partial charge on any atom is 0.419 e. The molecule has 1 rings (SSSR count). The smallest absolute Gasteiger partial charge is 0.386 e. The fraction of sp³-hybridized carbons (Fsp3) is 0.250. The number of quaternary nitrogens is 1. The lowest BCUT2D eigenvalue weighted by Gasteiger charge is -2.04. The van der Waals surface area contributed by atoms with Crippen molar-refractivity contribution in [3.63, 3.8) is 0 Å². The Morgan fingerprint density at radius 1 is 1.39 bits per heavy atom. The molecule has 0 fully saturated rings. The van der Waals surface area contributed by atoms with E-state index in [-0.39, 0.29) is 0 Å². The van der Waals surface area contributed by atoms with E-state index in [1.807, 2.05) is 6.07 Å². The first kappa shape index (κ1) is 13.9. The number of nitro groups is 1. The summed E-state index contributed by atoms with van der Waals surface area (Å²) < 4.78 is 0. The van der Waals surface area contributed by atoms with Crippen molar-refractivity contribution in [1.29, 1.82) is 0 Å². The molecule has 0 spiro atoms. The number of primary amides is 1. The van der Waals surface area contributed by atoms with Crippen LogP contribution in [-0.2, 0) is 4.79 Å². The highest BCUT2D eigenvalue weighted by atomic mass is 16.6. The van der Waals surface area contributed by atoms with E-state index in [2.05, 4.69) is 5.32 Å². The van der Waals surface area contributed by atoms with E-state index in [1.54, 1.807) is 38.2 Å². The van der Waals surface area contributed by atoms with Crippen LogP contribution in [0.1, 0.15) is 13.3 Å². The van der Waals surface area contributed by atoms with Crippen LogP contribution in [0.2, 0.25) is 0 Å². The molecule has 1 aromatic carbocycles. The zero-order chi connectivity index (χ0) is 13.5. The third-order valence-corrected chi connectivity index (χ3v) is 2.45. The maximum atomic E-state index is 11.9. The predicted octanol–water partition coefficient (Wildman–Crippen LogP) is 0.526. The van der Waals surface area contributed by atoms with Gasteiger partial charge in [-0.1, -0.05) is 25.1 Å². The lowest BCUT2D eigenvalue weighted by Crippen LogP contribution is -2.83. The minimum absolute atomic E-state index is 0.331. The van der Waals surface area contributed by atoms with E-state index in [1.165, 1.54) is 5.32 Å². The predicted molar refractivity (Wildman–Crippen MR) is 66.4 cm³/mol. The van der Waals surface area contributed by atoms with Gasteiger partial charge in [0.1, 0.15) is 5.69 Å². The van der Waals surface area contributed by atoms with Crippen LogP contribution in [0.15, 0.2) is 41.7 Å². The van der Waals surface area contributed by atoms with Crippen LogP contribution >= 0.6 is 0 Å². The summed E-state index contributed by atoms with van der Waals surface area (Å²) in [6, 6.07) is 8.80. The number of rotatable bonds is 5. The number of nitrogens with one attached hydrogen (secondary N) is 1. The van der Waals surface area contributed by atoms with Gasteiger partial charge in [0.25, 0.3) is 0 Å². The van der Waals surface area contributed by atoms with E-state index in [0.29, 0.717) is 17.8 Å². The van der Waals surface area contributed by atoms with Crippen molar-refractivity contribution in [3.05, 3.63) is 51.8 Å². The molecule has 0 saturated heterocycles. The van der Waals surface area contributed by atoms with Crippen LogP contribution in [-0.4, -0.2) is 17.9 Å². The van der Waals surface area contributed by atoms with Gasteiger partial charge in [0.2, 0.25) is 0 Å². The number of allylic oxidation sites excluding steroid dienone is 1. The lowest BCUT2D eigenvalue weighted by atomic mass is 10.2. The number of carbonyl (C=O) groups is 1. The second kappa shape index (κ2) is 6.51. The van der Waals surface area contributed by atoms with Crippen molar-refractivity contribution in [2.45, 2.75) is 13.3 Å². The van der Waals surface area contributed by atoms with Crippen molar-refractivity contribution >= 4 is 11.6 Å². The van der Waals surface area contributed by atoms with Crippen LogP contribution in [0.5, 0.6) is 0 Å². The van der Waals surface area contributed by atoms with Gasteiger partial charge in [0.15, 0.2) is 0 Å². The summed E-state index contributed by atoms with van der Waals surface area (Å²) in [5.74, 6) is -0.600. The van der Waals surface area contributed by atoms with Gasteiger partial charge in [0.05, 0.1) is 10.6 Å². The molecule has 1 aromatic rings. The molecule has 0 aromatic heterocycles. The summed E-state index contributed by atoms with van der Waals surface area (Å²) in [5, 5.41) is 14.9. The average Bonchev–Trinajstić information content (AvgIpc) is 2.36. The summed E-state index contributed by atoms with van der Waals surface area (Å²) in [6.45, 7) is 1.76. The number of benzene rings is 1. The molecule has 0 aliphatic rings. The van der Waals surface area contributed by atoms with Gasteiger partial charge in [-0.25, -0.2) is 10.1 Å². The fourth-order valence-electron chi connectivity index (χ4n) is 1.58. The number of para-hydroxylation sites is 1. The normalized spacial score (nSPS) is 11.7. The van der Waals surface area contributed by atoms with Gasteiger partial charge in [-0.2, -0.15) is 0 Å². The molecule has 1 amide bonds. The topological polar surface area (TPSA) is 88.8 Å². The molecule has 0 heterocycles. The Balaban J connectivity index is 2.99. The molecule has 3 N–H and O–H groups in total. The lowest BCUT2D eigenvalue weighted by molar-refractivity contribution is -0.506. The average molecular weight is 250 g/mol. The van der Waals surface area contributed by atoms with Crippen LogP contribution < -0.4 is 10.6 Å². The molecule has 0 radical (unpaired) electrons. The maximum absolute atomic E-state index is 11.9. The summed E-state index contributed by atoms with van der Waals surface area (Å²) >= 11 is 0. The summed E-state index contributed by atoms with van der Waals surface area (Å²) in [6.07, 6.45) is 0.404. The Hall–Kier alpha value is -2.21. The monoisotopic (exact) mass is 250 g/mol. The zero-order valence-corrected chi connectivity index (χ0v) is 10.3. The molecule has 6 heteroatoms. The Bertz CT molecular complexity index is 463. The standard InChI is InChI=1S/C12H15N3O3/c1-3-10(13-2)11(15(17)18)12(16)14-9-7-5-4-6-8-9/h4-8,13H,3H2,1-2H3,(H,14,16)/p+1. The molecule has 6 nitrogen and oxygen atoms in total. The van der Waals surface area contributed by atoms with Crippen molar-refractivity contribution in [2.24, 2.45) is 0 Å². The van der Waals surface area contributed by atoms with Gasteiger partial charge in [-0.15, -0.1) is 0 Å². The van der Waals surface area contributed by atoms with Gasteiger partial charge in [-0.05, 0) is 18.6 Å². The third-order valence-electron chi connectivity index (χ3n) is 2.45. The molecule has 0 atom stereocenters. The highest BCUT2D eigenvalue weighted by Crippen LogP contribution is 2.06. The Kier molecular flexibility index (Phi) is 5.01. The SMILES string of the molecule is CCC(NC)=C(C(=O)[NH2+]c1ccccc1)[N+](=O)[O-]. The molecular formula is C12H16N3O3+. The molecule has 0 unspecified atom stereocenters. The summed E-state index contributed by atoms with van der Waals surface area (Å²) in [7, 11) is 1.57. The second-order valence-electron chi connectivity index (χ2n) is 3.61. The zero-order valence-electron chi connectivity index (χ0n) is 10.3. The first-order valence-electron chi connectivity index (χ1n) is 5.59. The number of nitrogens with zero attached hydrogens (tertiary/aromatic N) is 1. The molecule has 96 valence electrons. The number of hydrogen-bond donors (Lipinski definition) is 2. The minimum Gasteiger partial charge on any atom is -0.386 e. The fourth-order valence-corrected chi connectivity index (χ4v) is 1.58. The third kappa shape index (κ3) is 3.39. The molecule has 0 bridgehead atoms. The number of hydrogen-bond acceptors (Lipinski definition) is 4. The minimum atomic E-state index is -0.642. The number of nitrogens with two attached hydrogens (primary N) is 1. The van der Waals surface area contributed by atoms with Crippen LogP contribution in [0, 0.1) is 10.1 Å². The Morgan fingerprint density at radius 2 is 2.00 bits per heavy atom. The molecule has 18 heavy (non-hydrogen) atoms. The van der Waals surface area contributed by atoms with E-state index >= 15 is 0 Å². The van der Waals surface area contributed by atoms with E-state index in [4.69, 9.17) is 0 Å². The van der Waals surface area contributed by atoms with Gasteiger partial charge < -0.3 is 5.32 Å². The van der Waals surface area contributed by atoms with Crippen LogP contribution in [0.3, 0.4) is 0 Å². The Morgan fingerprint density at radius 3 is 2.44 bits per heavy atom.